The first-order valence-electron chi connectivity index (χ1n) is 7.22. The zero-order valence-corrected chi connectivity index (χ0v) is 13.1. The van der Waals surface area contributed by atoms with Crippen LogP contribution in [-0.4, -0.2) is 43.4 Å². The van der Waals surface area contributed by atoms with Crippen LogP contribution in [0.4, 0.5) is 5.69 Å². The second-order valence-corrected chi connectivity index (χ2v) is 5.87. The molecular formula is C16H23N3O2. The lowest BCUT2D eigenvalue weighted by molar-refractivity contribution is -0.138. The van der Waals surface area contributed by atoms with E-state index in [-0.39, 0.29) is 24.3 Å². The van der Waals surface area contributed by atoms with Crippen LogP contribution >= 0.6 is 0 Å². The van der Waals surface area contributed by atoms with Gasteiger partial charge in [-0.2, -0.15) is 0 Å². The molecule has 0 atom stereocenters. The molecule has 1 heterocycles. The molecule has 5 nitrogen and oxygen atoms in total. The van der Waals surface area contributed by atoms with Crippen LogP contribution in [0.5, 0.6) is 0 Å². The molecule has 2 amide bonds. The van der Waals surface area contributed by atoms with Crippen LogP contribution in [0.25, 0.3) is 0 Å². The molecule has 1 saturated heterocycles. The number of carbonyl (C=O) groups is 2. The van der Waals surface area contributed by atoms with Crippen molar-refractivity contribution in [2.24, 2.45) is 5.92 Å². The minimum atomic E-state index is -0.159. The number of likely N-dealkylation sites (N-methyl/N-ethyl adjacent to an activating group) is 1. The fourth-order valence-corrected chi connectivity index (χ4v) is 2.62. The third-order valence-electron chi connectivity index (χ3n) is 3.83. The number of amides is 2. The number of nitrogens with one attached hydrogen (secondary N) is 2. The third-order valence-corrected chi connectivity index (χ3v) is 3.83. The van der Waals surface area contributed by atoms with Gasteiger partial charge in [0, 0.05) is 25.8 Å². The summed E-state index contributed by atoms with van der Waals surface area (Å²) < 4.78 is 0. The summed E-state index contributed by atoms with van der Waals surface area (Å²) in [4.78, 5) is 25.6. The molecule has 0 unspecified atom stereocenters. The van der Waals surface area contributed by atoms with Crippen molar-refractivity contribution in [3.05, 3.63) is 28.8 Å². The Morgan fingerprint density at radius 2 is 1.81 bits per heavy atom. The Morgan fingerprint density at radius 3 is 2.29 bits per heavy atom. The Balaban J connectivity index is 1.97. The molecular weight excluding hydrogens is 266 g/mol. The first-order valence-corrected chi connectivity index (χ1v) is 7.22. The number of rotatable bonds is 4. The lowest BCUT2D eigenvalue weighted by Crippen LogP contribution is -2.52. The smallest absolute Gasteiger partial charge is 0.243 e. The summed E-state index contributed by atoms with van der Waals surface area (Å²) in [6.45, 7) is 7.49. The van der Waals surface area contributed by atoms with Crippen molar-refractivity contribution in [1.82, 2.24) is 10.2 Å². The van der Waals surface area contributed by atoms with Crippen molar-refractivity contribution in [1.29, 1.82) is 0 Å². The normalized spacial score (nSPS) is 14.5. The summed E-state index contributed by atoms with van der Waals surface area (Å²) >= 11 is 0. The van der Waals surface area contributed by atoms with E-state index >= 15 is 0 Å². The highest BCUT2D eigenvalue weighted by Gasteiger charge is 2.28. The molecule has 1 aromatic rings. The number of anilines is 1. The van der Waals surface area contributed by atoms with E-state index in [1.807, 2.05) is 32.9 Å². The van der Waals surface area contributed by atoms with Crippen LogP contribution in [0.2, 0.25) is 0 Å². The lowest BCUT2D eigenvalue weighted by atomic mass is 10.0. The fraction of sp³-hybridized carbons (Fsp3) is 0.500. The van der Waals surface area contributed by atoms with Gasteiger partial charge in [-0.25, -0.2) is 0 Å². The van der Waals surface area contributed by atoms with Gasteiger partial charge < -0.3 is 15.5 Å². The van der Waals surface area contributed by atoms with E-state index in [9.17, 15) is 9.59 Å². The molecule has 0 aromatic heterocycles. The molecule has 0 aliphatic carbocycles. The van der Waals surface area contributed by atoms with Gasteiger partial charge in [0.05, 0.1) is 12.5 Å². The highest BCUT2D eigenvalue weighted by atomic mass is 16.2. The molecule has 5 heteroatoms. The van der Waals surface area contributed by atoms with Gasteiger partial charge in [-0.05, 0) is 31.9 Å². The van der Waals surface area contributed by atoms with Gasteiger partial charge in [-0.15, -0.1) is 0 Å². The first-order chi connectivity index (χ1) is 9.88. The van der Waals surface area contributed by atoms with Crippen molar-refractivity contribution in [3.63, 3.8) is 0 Å². The van der Waals surface area contributed by atoms with Gasteiger partial charge in [0.25, 0.3) is 0 Å². The zero-order chi connectivity index (χ0) is 15.6. The van der Waals surface area contributed by atoms with E-state index in [0.717, 1.165) is 16.8 Å². The second kappa shape index (κ2) is 6.26. The molecule has 0 radical (unpaired) electrons. The van der Waals surface area contributed by atoms with Crippen LogP contribution in [0.15, 0.2) is 12.1 Å². The van der Waals surface area contributed by atoms with Crippen molar-refractivity contribution < 1.29 is 9.59 Å². The Kier molecular flexibility index (Phi) is 4.63. The molecule has 2 N–H and O–H groups in total. The Hall–Kier alpha value is -1.88. The maximum Gasteiger partial charge on any atom is 0.243 e. The molecule has 1 aliphatic rings. The van der Waals surface area contributed by atoms with Crippen LogP contribution in [-0.2, 0) is 9.59 Å². The monoisotopic (exact) mass is 289 g/mol. The van der Waals surface area contributed by atoms with Crippen LogP contribution in [0.3, 0.4) is 0 Å². The van der Waals surface area contributed by atoms with Crippen molar-refractivity contribution >= 4 is 17.5 Å². The molecule has 1 aromatic carbocycles. The van der Waals surface area contributed by atoms with Crippen LogP contribution < -0.4 is 10.6 Å². The molecule has 0 bridgehead atoms. The van der Waals surface area contributed by atoms with Gasteiger partial charge in [-0.3, -0.25) is 9.59 Å². The third kappa shape index (κ3) is 3.61. The minimum Gasteiger partial charge on any atom is -0.336 e. The number of carbonyl (C=O) groups excluding carboxylic acids is 2. The van der Waals surface area contributed by atoms with Crippen LogP contribution in [0.1, 0.15) is 16.7 Å². The summed E-state index contributed by atoms with van der Waals surface area (Å²) in [6, 6.07) is 4.08. The Labute approximate surface area is 125 Å². The number of benzene rings is 1. The summed E-state index contributed by atoms with van der Waals surface area (Å²) in [6.07, 6.45) is 0. The van der Waals surface area contributed by atoms with E-state index in [0.29, 0.717) is 13.1 Å². The summed E-state index contributed by atoms with van der Waals surface area (Å²) in [7, 11) is 1.68. The maximum atomic E-state index is 12.1. The Morgan fingerprint density at radius 1 is 1.24 bits per heavy atom. The van der Waals surface area contributed by atoms with Crippen molar-refractivity contribution in [3.8, 4) is 0 Å². The van der Waals surface area contributed by atoms with E-state index in [2.05, 4.69) is 10.6 Å². The summed E-state index contributed by atoms with van der Waals surface area (Å²) in [5.41, 5.74) is 4.10. The molecule has 2 rings (SSSR count). The number of hydrogen-bond donors (Lipinski definition) is 2. The molecule has 1 fully saturated rings. The molecule has 0 saturated carbocycles. The summed E-state index contributed by atoms with van der Waals surface area (Å²) in [5.74, 6) is -0.111. The zero-order valence-electron chi connectivity index (χ0n) is 13.1. The van der Waals surface area contributed by atoms with Gasteiger partial charge in [0.2, 0.25) is 11.8 Å². The highest BCUT2D eigenvalue weighted by Crippen LogP contribution is 2.21. The predicted octanol–water partition coefficient (Wildman–Crippen LogP) is 1.23. The summed E-state index contributed by atoms with van der Waals surface area (Å²) in [5, 5.41) is 5.98. The van der Waals surface area contributed by atoms with Gasteiger partial charge in [0.15, 0.2) is 0 Å². The highest BCUT2D eigenvalue weighted by molar-refractivity contribution is 5.96. The maximum absolute atomic E-state index is 12.1. The molecule has 114 valence electrons. The largest absolute Gasteiger partial charge is 0.336 e. The molecule has 1 aliphatic heterocycles. The molecule has 0 spiro atoms. The lowest BCUT2D eigenvalue weighted by Gasteiger charge is -2.30. The van der Waals surface area contributed by atoms with Gasteiger partial charge in [-0.1, -0.05) is 17.7 Å². The van der Waals surface area contributed by atoms with Gasteiger partial charge in [0.1, 0.15) is 0 Å². The average Bonchev–Trinajstić information content (AvgIpc) is 2.31. The SMILES string of the molecule is Cc1cc(C)c(NC(=O)CN(C)C(=O)C2CNC2)c(C)c1. The standard InChI is InChI=1S/C16H23N3O2/c1-10-5-11(2)15(12(3)6-10)18-14(20)9-19(4)16(21)13-7-17-8-13/h5-6,13,17H,7-9H2,1-4H3,(H,18,20). The molecule has 21 heavy (non-hydrogen) atoms. The number of hydrogen-bond acceptors (Lipinski definition) is 3. The van der Waals surface area contributed by atoms with Crippen molar-refractivity contribution in [2.75, 3.05) is 32.0 Å². The number of nitrogens with zero attached hydrogens (tertiary/aromatic N) is 1. The van der Waals surface area contributed by atoms with E-state index in [1.165, 1.54) is 10.5 Å². The minimum absolute atomic E-state index is 0.0191. The number of aryl methyl sites for hydroxylation is 3. The topological polar surface area (TPSA) is 61.4 Å². The quantitative estimate of drug-likeness (QED) is 0.876. The second-order valence-electron chi connectivity index (χ2n) is 5.87. The van der Waals surface area contributed by atoms with Crippen LogP contribution in [0, 0.1) is 26.7 Å². The fourth-order valence-electron chi connectivity index (χ4n) is 2.62. The predicted molar refractivity (Wildman–Crippen MR) is 83.3 cm³/mol. The Bertz CT molecular complexity index is 542. The van der Waals surface area contributed by atoms with E-state index in [4.69, 9.17) is 0 Å². The first kappa shape index (κ1) is 15.5. The van der Waals surface area contributed by atoms with Crippen molar-refractivity contribution in [2.45, 2.75) is 20.8 Å². The van der Waals surface area contributed by atoms with Gasteiger partial charge >= 0.3 is 0 Å². The average molecular weight is 289 g/mol. The van der Waals surface area contributed by atoms with E-state index in [1.54, 1.807) is 7.05 Å². The van der Waals surface area contributed by atoms with E-state index < -0.39 is 0 Å².